The number of amides is 1. The zero-order valence-electron chi connectivity index (χ0n) is 12.3. The van der Waals surface area contributed by atoms with Gasteiger partial charge in [-0.25, -0.2) is 0 Å². The van der Waals surface area contributed by atoms with E-state index in [1.807, 2.05) is 48.5 Å². The molecule has 2 nitrogen and oxygen atoms in total. The number of anilines is 1. The number of halogens is 1. The molecule has 0 aromatic heterocycles. The second-order valence-electron chi connectivity index (χ2n) is 4.60. The molecule has 1 N–H and O–H groups in total. The molecule has 0 fully saturated rings. The molecule has 2 rings (SSSR count). The summed E-state index contributed by atoms with van der Waals surface area (Å²) in [6.07, 6.45) is 0. The monoisotopic (exact) mass is 351 g/mol. The third-order valence-electron chi connectivity index (χ3n) is 2.88. The fraction of sp³-hybridized carbons (Fsp3) is 0.235. The first-order valence-electron chi connectivity index (χ1n) is 7.03. The maximum absolute atomic E-state index is 12.1. The first-order chi connectivity index (χ1) is 10.7. The molecule has 0 saturated carbocycles. The van der Waals surface area contributed by atoms with Crippen LogP contribution in [-0.2, 0) is 10.5 Å². The van der Waals surface area contributed by atoms with Crippen LogP contribution in [0.15, 0.2) is 53.4 Å². The van der Waals surface area contributed by atoms with E-state index in [9.17, 15) is 4.79 Å². The number of hydrogen-bond acceptors (Lipinski definition) is 3. The number of benzene rings is 2. The van der Waals surface area contributed by atoms with Gasteiger partial charge in [0.15, 0.2) is 0 Å². The molecule has 116 valence electrons. The van der Waals surface area contributed by atoms with E-state index < -0.39 is 0 Å². The summed E-state index contributed by atoms with van der Waals surface area (Å²) in [6.45, 7) is 2.10. The van der Waals surface area contributed by atoms with E-state index in [0.717, 1.165) is 27.1 Å². The summed E-state index contributed by atoms with van der Waals surface area (Å²) in [5, 5.41) is 3.72. The highest BCUT2D eigenvalue weighted by molar-refractivity contribution is 7.99. The van der Waals surface area contributed by atoms with E-state index in [2.05, 4.69) is 12.2 Å². The van der Waals surface area contributed by atoms with Gasteiger partial charge in [-0.15, -0.1) is 23.5 Å². The van der Waals surface area contributed by atoms with Gasteiger partial charge in [0.25, 0.3) is 0 Å². The molecule has 0 unspecified atom stereocenters. The van der Waals surface area contributed by atoms with Crippen molar-refractivity contribution in [2.75, 3.05) is 16.8 Å². The lowest BCUT2D eigenvalue weighted by Gasteiger charge is -2.10. The molecule has 1 amide bonds. The number of thioether (sulfide) groups is 2. The number of rotatable bonds is 7. The molecule has 0 aliphatic rings. The molecular weight excluding hydrogens is 334 g/mol. The fourth-order valence-electron chi connectivity index (χ4n) is 1.88. The SMILES string of the molecule is CCSc1ccccc1NC(=O)CSCc1ccc(Cl)cc1. The van der Waals surface area contributed by atoms with Crippen molar-refractivity contribution in [2.24, 2.45) is 0 Å². The molecule has 0 radical (unpaired) electrons. The average Bonchev–Trinajstić information content (AvgIpc) is 2.51. The lowest BCUT2D eigenvalue weighted by Crippen LogP contribution is -2.14. The predicted molar refractivity (Wildman–Crippen MR) is 99.1 cm³/mol. The molecule has 5 heteroatoms. The van der Waals surface area contributed by atoms with E-state index in [1.165, 1.54) is 5.56 Å². The topological polar surface area (TPSA) is 29.1 Å². The molecule has 0 heterocycles. The Morgan fingerprint density at radius 2 is 1.86 bits per heavy atom. The number of carbonyl (C=O) groups excluding carboxylic acids is 1. The minimum Gasteiger partial charge on any atom is -0.324 e. The van der Waals surface area contributed by atoms with Crippen LogP contribution in [0, 0.1) is 0 Å². The smallest absolute Gasteiger partial charge is 0.234 e. The fourth-order valence-corrected chi connectivity index (χ4v) is 3.55. The number of carbonyl (C=O) groups is 1. The molecular formula is C17H18ClNOS2. The van der Waals surface area contributed by atoms with Crippen molar-refractivity contribution >= 4 is 46.7 Å². The zero-order chi connectivity index (χ0) is 15.8. The van der Waals surface area contributed by atoms with Crippen LogP contribution in [0.25, 0.3) is 0 Å². The van der Waals surface area contributed by atoms with Gasteiger partial charge in [-0.05, 0) is 35.6 Å². The number of para-hydroxylation sites is 1. The summed E-state index contributed by atoms with van der Waals surface area (Å²) in [6, 6.07) is 15.6. The summed E-state index contributed by atoms with van der Waals surface area (Å²) < 4.78 is 0. The van der Waals surface area contributed by atoms with E-state index in [1.54, 1.807) is 23.5 Å². The maximum Gasteiger partial charge on any atom is 0.234 e. The Morgan fingerprint density at radius 1 is 1.14 bits per heavy atom. The Kier molecular flexibility index (Phi) is 7.16. The standard InChI is InChI=1S/C17H18ClNOS2/c1-2-22-16-6-4-3-5-15(16)19-17(20)12-21-11-13-7-9-14(18)10-8-13/h3-10H,2,11-12H2,1H3,(H,19,20). The van der Waals surface area contributed by atoms with Crippen LogP contribution >= 0.6 is 35.1 Å². The number of nitrogens with one attached hydrogen (secondary N) is 1. The van der Waals surface area contributed by atoms with Gasteiger partial charge < -0.3 is 5.32 Å². The Balaban J connectivity index is 1.82. The highest BCUT2D eigenvalue weighted by Gasteiger charge is 2.07. The van der Waals surface area contributed by atoms with Crippen molar-refractivity contribution in [3.63, 3.8) is 0 Å². The summed E-state index contributed by atoms with van der Waals surface area (Å²) in [4.78, 5) is 13.2. The van der Waals surface area contributed by atoms with Crippen LogP contribution in [0.3, 0.4) is 0 Å². The summed E-state index contributed by atoms with van der Waals surface area (Å²) in [5.74, 6) is 2.25. The second-order valence-corrected chi connectivity index (χ2v) is 7.32. The molecule has 0 spiro atoms. The van der Waals surface area contributed by atoms with E-state index in [0.29, 0.717) is 5.75 Å². The zero-order valence-corrected chi connectivity index (χ0v) is 14.7. The lowest BCUT2D eigenvalue weighted by molar-refractivity contribution is -0.113. The van der Waals surface area contributed by atoms with Crippen LogP contribution in [0.4, 0.5) is 5.69 Å². The highest BCUT2D eigenvalue weighted by atomic mass is 35.5. The Labute approximate surface area is 145 Å². The molecule has 0 saturated heterocycles. The summed E-state index contributed by atoms with van der Waals surface area (Å²) in [5.41, 5.74) is 2.07. The van der Waals surface area contributed by atoms with Crippen LogP contribution in [0.1, 0.15) is 12.5 Å². The van der Waals surface area contributed by atoms with Crippen LogP contribution in [-0.4, -0.2) is 17.4 Å². The van der Waals surface area contributed by atoms with Crippen molar-refractivity contribution in [1.82, 2.24) is 0 Å². The van der Waals surface area contributed by atoms with Gasteiger partial charge >= 0.3 is 0 Å². The van der Waals surface area contributed by atoms with Crippen LogP contribution in [0.5, 0.6) is 0 Å². The molecule has 0 aliphatic heterocycles. The largest absolute Gasteiger partial charge is 0.324 e. The first-order valence-corrected chi connectivity index (χ1v) is 9.54. The third-order valence-corrected chi connectivity index (χ3v) is 5.09. The maximum atomic E-state index is 12.1. The minimum absolute atomic E-state index is 0.0307. The molecule has 0 aliphatic carbocycles. The summed E-state index contributed by atoms with van der Waals surface area (Å²) in [7, 11) is 0. The van der Waals surface area contributed by atoms with Crippen molar-refractivity contribution in [3.8, 4) is 0 Å². The highest BCUT2D eigenvalue weighted by Crippen LogP contribution is 2.26. The average molecular weight is 352 g/mol. The van der Waals surface area contributed by atoms with E-state index in [4.69, 9.17) is 11.6 Å². The summed E-state index contributed by atoms with van der Waals surface area (Å²) >= 11 is 9.18. The van der Waals surface area contributed by atoms with E-state index in [-0.39, 0.29) is 5.91 Å². The van der Waals surface area contributed by atoms with Gasteiger partial charge in [0.1, 0.15) is 0 Å². The van der Waals surface area contributed by atoms with Crippen LogP contribution < -0.4 is 5.32 Å². The molecule has 2 aromatic carbocycles. The predicted octanol–water partition coefficient (Wildman–Crippen LogP) is 5.32. The van der Waals surface area contributed by atoms with Gasteiger partial charge in [-0.3, -0.25) is 4.79 Å². The van der Waals surface area contributed by atoms with Crippen molar-refractivity contribution in [1.29, 1.82) is 0 Å². The van der Waals surface area contributed by atoms with Crippen molar-refractivity contribution < 1.29 is 4.79 Å². The minimum atomic E-state index is 0.0307. The van der Waals surface area contributed by atoms with Crippen molar-refractivity contribution in [3.05, 3.63) is 59.1 Å². The first kappa shape index (κ1) is 17.3. The van der Waals surface area contributed by atoms with Crippen molar-refractivity contribution in [2.45, 2.75) is 17.6 Å². The Morgan fingerprint density at radius 3 is 2.59 bits per heavy atom. The molecule has 0 atom stereocenters. The molecule has 22 heavy (non-hydrogen) atoms. The molecule has 0 bridgehead atoms. The molecule has 2 aromatic rings. The third kappa shape index (κ3) is 5.59. The van der Waals surface area contributed by atoms with E-state index >= 15 is 0 Å². The van der Waals surface area contributed by atoms with Gasteiger partial charge in [0.2, 0.25) is 5.91 Å². The number of hydrogen-bond donors (Lipinski definition) is 1. The van der Waals surface area contributed by atoms with Gasteiger partial charge in [-0.1, -0.05) is 42.8 Å². The normalized spacial score (nSPS) is 10.5. The van der Waals surface area contributed by atoms with Gasteiger partial charge in [-0.2, -0.15) is 0 Å². The Hall–Kier alpha value is -1.10. The van der Waals surface area contributed by atoms with Gasteiger partial charge in [0, 0.05) is 15.7 Å². The Bertz CT molecular complexity index is 616. The van der Waals surface area contributed by atoms with Gasteiger partial charge in [0.05, 0.1) is 11.4 Å². The lowest BCUT2D eigenvalue weighted by atomic mass is 10.2. The quantitative estimate of drug-likeness (QED) is 0.684. The van der Waals surface area contributed by atoms with Crippen LogP contribution in [0.2, 0.25) is 5.02 Å². The second kappa shape index (κ2) is 9.13.